The number of amides is 2. The van der Waals surface area contributed by atoms with Gasteiger partial charge in [-0.25, -0.2) is 0 Å². The Hall–Kier alpha value is -1.36. The molecule has 0 aliphatic carbocycles. The van der Waals surface area contributed by atoms with Gasteiger partial charge in [-0.1, -0.05) is 12.2 Å². The predicted molar refractivity (Wildman–Crippen MR) is 59.8 cm³/mol. The summed E-state index contributed by atoms with van der Waals surface area (Å²) in [4.78, 5) is 24.9. The summed E-state index contributed by atoms with van der Waals surface area (Å²) in [7, 11) is 1.57. The average molecular weight is 226 g/mol. The molecule has 0 saturated heterocycles. The lowest BCUT2D eigenvalue weighted by Crippen LogP contribution is -2.55. The van der Waals surface area contributed by atoms with Crippen LogP contribution in [0.1, 0.15) is 13.8 Å². The molecule has 0 aromatic heterocycles. The van der Waals surface area contributed by atoms with Gasteiger partial charge >= 0.3 is 0 Å². The summed E-state index contributed by atoms with van der Waals surface area (Å²) in [5, 5.41) is 2.74. The molecule has 0 radical (unpaired) electrons. The van der Waals surface area contributed by atoms with Crippen molar-refractivity contribution in [3.05, 3.63) is 12.2 Å². The van der Waals surface area contributed by atoms with Gasteiger partial charge in [-0.15, -0.1) is 0 Å². The monoisotopic (exact) mass is 226 g/mol. The molecule has 0 spiro atoms. The molecule has 16 heavy (non-hydrogen) atoms. The van der Waals surface area contributed by atoms with Gasteiger partial charge in [0.15, 0.2) is 0 Å². The summed E-state index contributed by atoms with van der Waals surface area (Å²) in [6, 6.07) is 0. The van der Waals surface area contributed by atoms with Gasteiger partial charge in [0.1, 0.15) is 5.54 Å². The summed E-state index contributed by atoms with van der Waals surface area (Å²) >= 11 is 0. The van der Waals surface area contributed by atoms with E-state index in [4.69, 9.17) is 4.74 Å². The minimum absolute atomic E-state index is 0.102. The highest BCUT2D eigenvalue weighted by Crippen LogP contribution is 2.22. The van der Waals surface area contributed by atoms with E-state index in [1.807, 2.05) is 6.08 Å². The second kappa shape index (κ2) is 5.12. The van der Waals surface area contributed by atoms with Gasteiger partial charge < -0.3 is 15.0 Å². The lowest BCUT2D eigenvalue weighted by atomic mass is 10.0. The maximum atomic E-state index is 11.9. The average Bonchev–Trinajstić information content (AvgIpc) is 2.62. The molecule has 1 unspecified atom stereocenters. The molecule has 5 heteroatoms. The standard InChI is InChI=1S/C11H18N2O3/c1-9(14)13-7-4-5-11(13,2)10(15)12-6-8-16-3/h4-5H,6-8H2,1-3H3,(H,12,15). The fourth-order valence-electron chi connectivity index (χ4n) is 1.77. The van der Waals surface area contributed by atoms with Gasteiger partial charge in [0.2, 0.25) is 11.8 Å². The molecule has 0 saturated carbocycles. The van der Waals surface area contributed by atoms with E-state index in [2.05, 4.69) is 5.32 Å². The summed E-state index contributed by atoms with van der Waals surface area (Å²) in [6.07, 6.45) is 3.59. The first kappa shape index (κ1) is 12.7. The van der Waals surface area contributed by atoms with Crippen molar-refractivity contribution in [2.24, 2.45) is 0 Å². The van der Waals surface area contributed by atoms with Gasteiger partial charge in [-0.2, -0.15) is 0 Å². The fourth-order valence-corrected chi connectivity index (χ4v) is 1.77. The van der Waals surface area contributed by atoms with Crippen LogP contribution in [-0.4, -0.2) is 49.1 Å². The Morgan fingerprint density at radius 1 is 1.56 bits per heavy atom. The van der Waals surface area contributed by atoms with E-state index in [0.29, 0.717) is 19.7 Å². The van der Waals surface area contributed by atoms with E-state index in [0.717, 1.165) is 0 Å². The van der Waals surface area contributed by atoms with Crippen LogP contribution in [-0.2, 0) is 14.3 Å². The van der Waals surface area contributed by atoms with Crippen molar-refractivity contribution in [2.45, 2.75) is 19.4 Å². The van der Waals surface area contributed by atoms with Gasteiger partial charge in [-0.3, -0.25) is 9.59 Å². The number of nitrogens with zero attached hydrogens (tertiary/aromatic N) is 1. The van der Waals surface area contributed by atoms with E-state index in [-0.39, 0.29) is 11.8 Å². The van der Waals surface area contributed by atoms with Crippen LogP contribution in [0.2, 0.25) is 0 Å². The van der Waals surface area contributed by atoms with Crippen LogP contribution in [0.3, 0.4) is 0 Å². The van der Waals surface area contributed by atoms with Crippen LogP contribution in [0.15, 0.2) is 12.2 Å². The maximum Gasteiger partial charge on any atom is 0.249 e. The zero-order chi connectivity index (χ0) is 12.2. The fraction of sp³-hybridized carbons (Fsp3) is 0.636. The number of methoxy groups -OCH3 is 1. The quantitative estimate of drug-likeness (QED) is 0.539. The van der Waals surface area contributed by atoms with Gasteiger partial charge in [0, 0.05) is 27.1 Å². The summed E-state index contributed by atoms with van der Waals surface area (Å²) in [5.74, 6) is -0.275. The Morgan fingerprint density at radius 2 is 2.25 bits per heavy atom. The number of nitrogens with one attached hydrogen (secondary N) is 1. The van der Waals surface area contributed by atoms with Crippen LogP contribution in [0.5, 0.6) is 0 Å². The molecule has 1 N–H and O–H groups in total. The number of ether oxygens (including phenoxy) is 1. The van der Waals surface area contributed by atoms with Crippen LogP contribution >= 0.6 is 0 Å². The Labute approximate surface area is 95.4 Å². The van der Waals surface area contributed by atoms with Crippen molar-refractivity contribution >= 4 is 11.8 Å². The van der Waals surface area contributed by atoms with E-state index in [9.17, 15) is 9.59 Å². The highest BCUT2D eigenvalue weighted by molar-refractivity contribution is 5.93. The molecule has 1 heterocycles. The smallest absolute Gasteiger partial charge is 0.249 e. The first-order valence-electron chi connectivity index (χ1n) is 5.25. The van der Waals surface area contributed by atoms with Crippen LogP contribution in [0.25, 0.3) is 0 Å². The number of hydrogen-bond donors (Lipinski definition) is 1. The summed E-state index contributed by atoms with van der Waals surface area (Å²) in [5.41, 5.74) is -0.862. The first-order valence-corrected chi connectivity index (χ1v) is 5.25. The molecule has 5 nitrogen and oxygen atoms in total. The normalized spacial score (nSPS) is 23.6. The van der Waals surface area contributed by atoms with E-state index in [1.165, 1.54) is 11.8 Å². The third-order valence-electron chi connectivity index (χ3n) is 2.72. The van der Waals surface area contributed by atoms with Crippen molar-refractivity contribution in [2.75, 3.05) is 26.8 Å². The number of carbonyl (C=O) groups is 2. The molecule has 0 aromatic carbocycles. The SMILES string of the molecule is COCCNC(=O)C1(C)C=CCN1C(C)=O. The topological polar surface area (TPSA) is 58.6 Å². The molecule has 0 aromatic rings. The van der Waals surface area contributed by atoms with E-state index in [1.54, 1.807) is 20.1 Å². The van der Waals surface area contributed by atoms with E-state index >= 15 is 0 Å². The van der Waals surface area contributed by atoms with Crippen molar-refractivity contribution in [3.63, 3.8) is 0 Å². The van der Waals surface area contributed by atoms with Crippen molar-refractivity contribution in [1.29, 1.82) is 0 Å². The molecular formula is C11H18N2O3. The maximum absolute atomic E-state index is 11.9. The Bertz CT molecular complexity index is 314. The predicted octanol–water partition coefficient (Wildman–Crippen LogP) is -0.0740. The van der Waals surface area contributed by atoms with E-state index < -0.39 is 5.54 Å². The number of carbonyl (C=O) groups excluding carboxylic acids is 2. The third kappa shape index (κ3) is 2.41. The zero-order valence-corrected chi connectivity index (χ0v) is 9.95. The molecule has 1 atom stereocenters. The molecule has 1 aliphatic heterocycles. The highest BCUT2D eigenvalue weighted by atomic mass is 16.5. The molecule has 90 valence electrons. The third-order valence-corrected chi connectivity index (χ3v) is 2.72. The first-order chi connectivity index (χ1) is 7.52. The second-order valence-corrected chi connectivity index (χ2v) is 3.93. The minimum atomic E-state index is -0.862. The summed E-state index contributed by atoms with van der Waals surface area (Å²) in [6.45, 7) is 4.60. The van der Waals surface area contributed by atoms with Gasteiger partial charge in [0.25, 0.3) is 0 Å². The van der Waals surface area contributed by atoms with Crippen LogP contribution < -0.4 is 5.32 Å². The Balaban J connectivity index is 2.64. The molecule has 1 aliphatic rings. The molecular weight excluding hydrogens is 208 g/mol. The highest BCUT2D eigenvalue weighted by Gasteiger charge is 2.40. The Kier molecular flexibility index (Phi) is 4.06. The van der Waals surface area contributed by atoms with Crippen molar-refractivity contribution < 1.29 is 14.3 Å². The molecule has 2 amide bonds. The number of hydrogen-bond acceptors (Lipinski definition) is 3. The number of rotatable bonds is 4. The second-order valence-electron chi connectivity index (χ2n) is 3.93. The molecule has 0 fully saturated rings. The van der Waals surface area contributed by atoms with Crippen LogP contribution in [0, 0.1) is 0 Å². The van der Waals surface area contributed by atoms with Gasteiger partial charge in [-0.05, 0) is 6.92 Å². The molecule has 0 bridgehead atoms. The van der Waals surface area contributed by atoms with Crippen molar-refractivity contribution in [3.8, 4) is 0 Å². The Morgan fingerprint density at radius 3 is 2.81 bits per heavy atom. The van der Waals surface area contributed by atoms with Gasteiger partial charge in [0.05, 0.1) is 6.61 Å². The van der Waals surface area contributed by atoms with Crippen molar-refractivity contribution in [1.82, 2.24) is 10.2 Å². The van der Waals surface area contributed by atoms with Crippen LogP contribution in [0.4, 0.5) is 0 Å². The zero-order valence-electron chi connectivity index (χ0n) is 9.95. The molecule has 1 rings (SSSR count). The minimum Gasteiger partial charge on any atom is -0.383 e. The lowest BCUT2D eigenvalue weighted by molar-refractivity contribution is -0.141. The lowest BCUT2D eigenvalue weighted by Gasteiger charge is -2.32. The summed E-state index contributed by atoms with van der Waals surface area (Å²) < 4.78 is 4.85. The largest absolute Gasteiger partial charge is 0.383 e.